The van der Waals surface area contributed by atoms with Crippen LogP contribution >= 0.6 is 11.6 Å². The van der Waals surface area contributed by atoms with E-state index in [1.54, 1.807) is 36.5 Å². The molecule has 36 heavy (non-hydrogen) atoms. The van der Waals surface area contributed by atoms with Crippen molar-refractivity contribution in [2.75, 3.05) is 50.7 Å². The number of nitrogens with one attached hydrogen (secondary N) is 1. The third kappa shape index (κ3) is 4.29. The second-order valence-corrected chi connectivity index (χ2v) is 9.71. The van der Waals surface area contributed by atoms with Crippen molar-refractivity contribution >= 4 is 29.0 Å². The standard InChI is InChI=1S/C27H27ClFN5O2/c1-2-11-33-14-15-34(26(33)36)25-22(29)16-19(21-5-3-4-6-23(21)35)18-27(25,28)20-7-8-31-24(17-20)32-12-9-30-10-13-32/h1,3-8,16-17,30,35H,9-15,18H2. The van der Waals surface area contributed by atoms with Gasteiger partial charge in [0.05, 0.1) is 12.2 Å². The zero-order chi connectivity index (χ0) is 25.3. The number of aromatic nitrogens is 1. The Hall–Kier alpha value is -3.54. The smallest absolute Gasteiger partial charge is 0.325 e. The molecule has 1 aromatic carbocycles. The molecule has 2 saturated heterocycles. The normalized spacial score (nSPS) is 22.6. The molecule has 0 radical (unpaired) electrons. The van der Waals surface area contributed by atoms with Gasteiger partial charge in [0.25, 0.3) is 0 Å². The molecule has 186 valence electrons. The highest BCUT2D eigenvalue weighted by atomic mass is 35.5. The summed E-state index contributed by atoms with van der Waals surface area (Å²) in [6.45, 7) is 4.05. The van der Waals surface area contributed by atoms with Gasteiger partial charge in [0.15, 0.2) is 0 Å². The fraction of sp³-hybridized carbons (Fsp3) is 0.333. The van der Waals surface area contributed by atoms with E-state index in [1.165, 1.54) is 15.9 Å². The van der Waals surface area contributed by atoms with E-state index in [0.717, 1.165) is 32.0 Å². The fourth-order valence-corrected chi connectivity index (χ4v) is 5.54. The molecule has 2 aliphatic heterocycles. The number of para-hydroxylation sites is 1. The molecule has 3 aliphatic rings. The molecule has 1 aromatic heterocycles. The molecular weight excluding hydrogens is 481 g/mol. The molecule has 2 amide bonds. The highest BCUT2D eigenvalue weighted by Crippen LogP contribution is 2.52. The maximum atomic E-state index is 16.0. The number of anilines is 1. The number of phenols is 1. The quantitative estimate of drug-likeness (QED) is 0.477. The molecular formula is C27H27ClFN5O2. The van der Waals surface area contributed by atoms with E-state index in [0.29, 0.717) is 23.2 Å². The molecule has 5 rings (SSSR count). The van der Waals surface area contributed by atoms with Crippen LogP contribution in [0.4, 0.5) is 15.0 Å². The lowest BCUT2D eigenvalue weighted by Gasteiger charge is -2.39. The molecule has 2 N–H and O–H groups in total. The van der Waals surface area contributed by atoms with Crippen molar-refractivity contribution in [3.8, 4) is 18.1 Å². The maximum absolute atomic E-state index is 16.0. The predicted molar refractivity (Wildman–Crippen MR) is 138 cm³/mol. The van der Waals surface area contributed by atoms with Crippen LogP contribution in [0.2, 0.25) is 0 Å². The van der Waals surface area contributed by atoms with Crippen LogP contribution in [0, 0.1) is 12.3 Å². The van der Waals surface area contributed by atoms with Crippen LogP contribution in [0.15, 0.2) is 60.2 Å². The molecule has 0 spiro atoms. The Morgan fingerprint density at radius 2 is 1.97 bits per heavy atom. The highest BCUT2D eigenvalue weighted by Gasteiger charge is 2.47. The Labute approximate surface area is 214 Å². The van der Waals surface area contributed by atoms with Crippen molar-refractivity contribution < 1.29 is 14.3 Å². The predicted octanol–water partition coefficient (Wildman–Crippen LogP) is 3.67. The molecule has 7 nitrogen and oxygen atoms in total. The molecule has 0 bridgehead atoms. The van der Waals surface area contributed by atoms with Gasteiger partial charge >= 0.3 is 6.03 Å². The zero-order valence-electron chi connectivity index (χ0n) is 19.8. The van der Waals surface area contributed by atoms with Crippen molar-refractivity contribution in [2.45, 2.75) is 11.3 Å². The van der Waals surface area contributed by atoms with Gasteiger partial charge in [-0.2, -0.15) is 0 Å². The Bertz CT molecular complexity index is 1280. The third-order valence-electron chi connectivity index (χ3n) is 6.88. The van der Waals surface area contributed by atoms with Gasteiger partial charge in [0.2, 0.25) is 0 Å². The number of carbonyl (C=O) groups excluding carboxylic acids is 1. The Kier molecular flexibility index (Phi) is 6.61. The van der Waals surface area contributed by atoms with Crippen LogP contribution in [0.5, 0.6) is 5.75 Å². The van der Waals surface area contributed by atoms with Crippen molar-refractivity contribution in [3.63, 3.8) is 0 Å². The van der Waals surface area contributed by atoms with E-state index in [1.807, 2.05) is 6.07 Å². The van der Waals surface area contributed by atoms with Gasteiger partial charge in [-0.05, 0) is 35.4 Å². The highest BCUT2D eigenvalue weighted by molar-refractivity contribution is 6.27. The van der Waals surface area contributed by atoms with E-state index >= 15 is 4.39 Å². The molecule has 1 atom stereocenters. The number of phenolic OH excluding ortho intramolecular Hbond substituents is 1. The van der Waals surface area contributed by atoms with Crippen LogP contribution in [-0.2, 0) is 4.87 Å². The minimum atomic E-state index is -1.41. The minimum absolute atomic E-state index is 0.0349. The first-order valence-electron chi connectivity index (χ1n) is 11.9. The van der Waals surface area contributed by atoms with E-state index in [-0.39, 0.29) is 37.0 Å². The monoisotopic (exact) mass is 507 g/mol. The second kappa shape index (κ2) is 9.84. The Morgan fingerprint density at radius 1 is 1.19 bits per heavy atom. The van der Waals surface area contributed by atoms with Crippen molar-refractivity contribution in [3.05, 3.63) is 71.3 Å². The molecule has 2 aromatic rings. The first-order chi connectivity index (χ1) is 17.4. The van der Waals surface area contributed by atoms with Gasteiger partial charge in [0.1, 0.15) is 22.3 Å². The zero-order valence-corrected chi connectivity index (χ0v) is 20.5. The summed E-state index contributed by atoms with van der Waals surface area (Å²) < 4.78 is 16.0. The summed E-state index contributed by atoms with van der Waals surface area (Å²) in [6, 6.07) is 10.0. The maximum Gasteiger partial charge on any atom is 0.325 e. The Morgan fingerprint density at radius 3 is 2.72 bits per heavy atom. The molecule has 1 aliphatic carbocycles. The minimum Gasteiger partial charge on any atom is -0.507 e. The summed E-state index contributed by atoms with van der Waals surface area (Å²) in [5, 5.41) is 13.8. The van der Waals surface area contributed by atoms with Crippen LogP contribution in [0.25, 0.3) is 5.57 Å². The Balaban J connectivity index is 1.62. The number of piperazine rings is 1. The fourth-order valence-electron chi connectivity index (χ4n) is 5.09. The number of terminal acetylenes is 1. The topological polar surface area (TPSA) is 71.9 Å². The molecule has 3 heterocycles. The van der Waals surface area contributed by atoms with E-state index in [2.05, 4.69) is 21.1 Å². The lowest BCUT2D eigenvalue weighted by atomic mass is 9.81. The van der Waals surface area contributed by atoms with E-state index < -0.39 is 10.7 Å². The van der Waals surface area contributed by atoms with Crippen molar-refractivity contribution in [1.29, 1.82) is 0 Å². The van der Waals surface area contributed by atoms with E-state index in [9.17, 15) is 9.90 Å². The van der Waals surface area contributed by atoms with Gasteiger partial charge in [0, 0.05) is 57.4 Å². The third-order valence-corrected chi connectivity index (χ3v) is 7.41. The van der Waals surface area contributed by atoms with Gasteiger partial charge < -0.3 is 20.2 Å². The van der Waals surface area contributed by atoms with Gasteiger partial charge in [-0.25, -0.2) is 14.2 Å². The van der Waals surface area contributed by atoms with Gasteiger partial charge in [-0.1, -0.05) is 24.1 Å². The summed E-state index contributed by atoms with van der Waals surface area (Å²) >= 11 is 7.41. The van der Waals surface area contributed by atoms with Crippen molar-refractivity contribution in [1.82, 2.24) is 20.1 Å². The SMILES string of the molecule is C#CCN1CCN(C2=C(F)C=C(c3ccccc3O)CC2(Cl)c2ccnc(N3CCNCC3)c2)C1=O. The summed E-state index contributed by atoms with van der Waals surface area (Å²) in [7, 11) is 0. The number of pyridine rings is 1. The van der Waals surface area contributed by atoms with Gasteiger partial charge in [-0.3, -0.25) is 4.90 Å². The average Bonchev–Trinajstić information content (AvgIpc) is 3.24. The number of benzene rings is 1. The lowest BCUT2D eigenvalue weighted by Crippen LogP contribution is -2.44. The number of halogens is 2. The molecule has 9 heteroatoms. The average molecular weight is 508 g/mol. The summed E-state index contributed by atoms with van der Waals surface area (Å²) in [5.41, 5.74) is 1.75. The number of aromatic hydroxyl groups is 1. The molecule has 0 saturated carbocycles. The number of amides is 2. The lowest BCUT2D eigenvalue weighted by molar-refractivity contribution is 0.200. The summed E-state index contributed by atoms with van der Waals surface area (Å²) in [4.78, 5) is 21.4. The summed E-state index contributed by atoms with van der Waals surface area (Å²) in [6.07, 6.45) is 8.62. The van der Waals surface area contributed by atoms with Crippen LogP contribution in [-0.4, -0.2) is 71.7 Å². The first-order valence-corrected chi connectivity index (χ1v) is 12.3. The number of hydrogen-bond donors (Lipinski definition) is 2. The van der Waals surface area contributed by atoms with Crippen LogP contribution in [0.1, 0.15) is 17.5 Å². The number of carbonyl (C=O) groups is 1. The number of urea groups is 1. The largest absolute Gasteiger partial charge is 0.507 e. The number of nitrogens with zero attached hydrogens (tertiary/aromatic N) is 4. The summed E-state index contributed by atoms with van der Waals surface area (Å²) in [5.74, 6) is 2.64. The second-order valence-electron chi connectivity index (χ2n) is 9.06. The molecule has 2 fully saturated rings. The van der Waals surface area contributed by atoms with Crippen molar-refractivity contribution in [2.24, 2.45) is 0 Å². The molecule has 1 unspecified atom stereocenters. The number of allylic oxidation sites excluding steroid dienone is 4. The van der Waals surface area contributed by atoms with E-state index in [4.69, 9.17) is 18.0 Å². The number of rotatable bonds is 5. The number of hydrogen-bond acceptors (Lipinski definition) is 5. The first kappa shape index (κ1) is 24.2. The van der Waals surface area contributed by atoms with Crippen LogP contribution in [0.3, 0.4) is 0 Å². The number of alkyl halides is 1. The van der Waals surface area contributed by atoms with Crippen LogP contribution < -0.4 is 10.2 Å². The van der Waals surface area contributed by atoms with Gasteiger partial charge in [-0.15, -0.1) is 18.0 Å².